The fraction of sp³-hybridized carbons (Fsp3) is 0.158. The summed E-state index contributed by atoms with van der Waals surface area (Å²) >= 11 is 0. The molecule has 1 rings (SSSR count). The Labute approximate surface area is 190 Å². The largest absolute Gasteiger partial charge is 0 e. The van der Waals surface area contributed by atoms with Crippen molar-refractivity contribution < 1.29 is 71.3 Å². The first-order valence-electron chi connectivity index (χ1n) is 5.90. The molecule has 156 valence electrons. The van der Waals surface area contributed by atoms with Crippen molar-refractivity contribution in [3.8, 4) is 11.8 Å². The minimum absolute atomic E-state index is 0. The zero-order chi connectivity index (χ0) is 23.1. The number of hydrogen-bond acceptors (Lipinski definition) is 2. The van der Waals surface area contributed by atoms with E-state index in [1.807, 2.05) is 30.3 Å². The van der Waals surface area contributed by atoms with Crippen LogP contribution < -0.4 is 0 Å². The molecule has 0 unspecified atom stereocenters. The van der Waals surface area contributed by atoms with E-state index in [1.165, 1.54) is 13.2 Å². The van der Waals surface area contributed by atoms with Crippen LogP contribution in [0.15, 0.2) is 43.0 Å². The van der Waals surface area contributed by atoms with Crippen molar-refractivity contribution in [1.29, 1.82) is 0 Å². The third-order valence-electron chi connectivity index (χ3n) is 1.95. The van der Waals surface area contributed by atoms with Gasteiger partial charge < -0.3 is 9.84 Å². The minimum Gasteiger partial charge on any atom is 0 e. The number of methoxy groups -OCH3 is 1. The van der Waals surface area contributed by atoms with Crippen LogP contribution in [0.1, 0.15) is 5.56 Å². The van der Waals surface area contributed by atoms with Crippen LogP contribution in [0.5, 0.6) is 0 Å². The van der Waals surface area contributed by atoms with Gasteiger partial charge in [0.25, 0.3) is 0 Å². The van der Waals surface area contributed by atoms with E-state index < -0.39 is 12.2 Å². The number of benzene rings is 1. The molecule has 29 heavy (non-hydrogen) atoms. The summed E-state index contributed by atoms with van der Waals surface area (Å²) in [6, 6.07) is 9.49. The second kappa shape index (κ2) is 63.5. The Bertz CT molecular complexity index is 561. The SMILES string of the molecule is C=C[C@@H](OC)[C@H](O)C#Cc1ccccc1.[C-]#[O+].[C-]#[O+].[C-]#[O+].[C-]#[O+].[C-]#[O+].[C-]#[O+].[Co].[Co]. The molecule has 2 atom stereocenters. The van der Waals surface area contributed by atoms with Gasteiger partial charge >= 0.3 is 67.8 Å². The van der Waals surface area contributed by atoms with Crippen LogP contribution in [0.3, 0.4) is 0 Å². The quantitative estimate of drug-likeness (QED) is 0.296. The fourth-order valence-corrected chi connectivity index (χ4v) is 1.11. The van der Waals surface area contributed by atoms with Crippen LogP contribution >= 0.6 is 0 Å². The third kappa shape index (κ3) is 41.4. The number of hydrogen-bond donors (Lipinski definition) is 1. The minimum atomic E-state index is -0.840. The maximum Gasteiger partial charge on any atom is 0 e. The van der Waals surface area contributed by atoms with Gasteiger partial charge in [-0.05, 0) is 12.1 Å². The Morgan fingerprint density at radius 2 is 1.21 bits per heavy atom. The van der Waals surface area contributed by atoms with Gasteiger partial charge in [-0.25, -0.2) is 0 Å². The first-order valence-corrected chi connectivity index (χ1v) is 5.90. The normalized spacial score (nSPS) is 7.38. The molecule has 10 heteroatoms. The molecular formula is C19H14Co2O8. The zero-order valence-corrected chi connectivity index (χ0v) is 16.9. The van der Waals surface area contributed by atoms with Gasteiger partial charge in [0, 0.05) is 46.2 Å². The number of rotatable bonds is 3. The van der Waals surface area contributed by atoms with E-state index in [-0.39, 0.29) is 33.6 Å². The van der Waals surface area contributed by atoms with Crippen LogP contribution in [-0.2, 0) is 66.2 Å². The van der Waals surface area contributed by atoms with Gasteiger partial charge in [-0.2, -0.15) is 0 Å². The third-order valence-corrected chi connectivity index (χ3v) is 1.95. The topological polar surface area (TPSA) is 149 Å². The molecule has 2 radical (unpaired) electrons. The first kappa shape index (κ1) is 50.5. The summed E-state index contributed by atoms with van der Waals surface area (Å²) in [6.45, 7) is 30.6. The summed E-state index contributed by atoms with van der Waals surface area (Å²) < 4.78 is 50.0. The summed E-state index contributed by atoms with van der Waals surface area (Å²) in [5.74, 6) is 5.58. The molecule has 8 nitrogen and oxygen atoms in total. The standard InChI is InChI=1S/C13H14O2.6CO.2Co/c1-3-13(15-2)12(14)10-9-11-7-5-4-6-8-11;6*1-2;;/h3-8,12-14H,1H2,2H3;;;;;;;;/t12-,13-;;;;;;;;/m1......../s1. The van der Waals surface area contributed by atoms with E-state index in [0.717, 1.165) is 5.56 Å². The molecule has 0 heterocycles. The summed E-state index contributed by atoms with van der Waals surface area (Å²) in [6.07, 6.45) is 0.249. The molecule has 0 aliphatic heterocycles. The first-order chi connectivity index (χ1) is 13.3. The van der Waals surface area contributed by atoms with E-state index in [1.54, 1.807) is 0 Å². The van der Waals surface area contributed by atoms with E-state index in [0.29, 0.717) is 0 Å². The Hall–Kier alpha value is -2.11. The predicted octanol–water partition coefficient (Wildman–Crippen LogP) is 1.37. The predicted molar refractivity (Wildman–Crippen MR) is 83.9 cm³/mol. The van der Waals surface area contributed by atoms with Crippen molar-refractivity contribution in [1.82, 2.24) is 0 Å². The van der Waals surface area contributed by atoms with Crippen LogP contribution in [-0.4, -0.2) is 24.4 Å². The average Bonchev–Trinajstić information content (AvgIpc) is 2.82. The van der Waals surface area contributed by atoms with Gasteiger partial charge in [-0.1, -0.05) is 36.1 Å². The second-order valence-corrected chi connectivity index (χ2v) is 3.02. The van der Waals surface area contributed by atoms with Crippen molar-refractivity contribution in [2.45, 2.75) is 12.2 Å². The molecule has 0 aliphatic carbocycles. The summed E-state index contributed by atoms with van der Waals surface area (Å²) in [7, 11) is 1.51. The monoisotopic (exact) mass is 488 g/mol. The molecule has 0 aromatic heterocycles. The molecule has 0 amide bonds. The fourth-order valence-electron chi connectivity index (χ4n) is 1.11. The Morgan fingerprint density at radius 3 is 1.48 bits per heavy atom. The Kier molecular flexibility index (Phi) is 111. The second-order valence-electron chi connectivity index (χ2n) is 3.02. The van der Waals surface area contributed by atoms with Gasteiger partial charge in [0.15, 0.2) is 0 Å². The summed E-state index contributed by atoms with van der Waals surface area (Å²) in [5, 5.41) is 9.60. The Balaban J connectivity index is -0.0000000453. The average molecular weight is 488 g/mol. The molecule has 0 saturated carbocycles. The molecule has 0 spiro atoms. The molecule has 0 fully saturated rings. The molecule has 0 bridgehead atoms. The maximum absolute atomic E-state index is 9.60. The molecular weight excluding hydrogens is 474 g/mol. The van der Waals surface area contributed by atoms with E-state index in [4.69, 9.17) is 32.6 Å². The molecule has 1 aromatic rings. The van der Waals surface area contributed by atoms with Crippen molar-refractivity contribution in [2.24, 2.45) is 0 Å². The number of ether oxygens (including phenoxy) is 1. The van der Waals surface area contributed by atoms with Gasteiger partial charge in [0.1, 0.15) is 12.2 Å². The summed E-state index contributed by atoms with van der Waals surface area (Å²) in [4.78, 5) is 0. The molecule has 1 N–H and O–H groups in total. The van der Waals surface area contributed by atoms with Crippen molar-refractivity contribution >= 4 is 0 Å². The van der Waals surface area contributed by atoms with E-state index >= 15 is 0 Å². The maximum atomic E-state index is 9.60. The Morgan fingerprint density at radius 1 is 0.862 bits per heavy atom. The van der Waals surface area contributed by atoms with Gasteiger partial charge in [-0.15, -0.1) is 6.58 Å². The van der Waals surface area contributed by atoms with Crippen LogP contribution in [0.4, 0.5) is 0 Å². The van der Waals surface area contributed by atoms with Crippen molar-refractivity contribution in [3.63, 3.8) is 0 Å². The molecule has 0 saturated heterocycles. The summed E-state index contributed by atoms with van der Waals surface area (Å²) in [5.41, 5.74) is 0.871. The smallest absolute Gasteiger partial charge is 0 e. The van der Waals surface area contributed by atoms with E-state index in [9.17, 15) is 5.11 Å². The van der Waals surface area contributed by atoms with Crippen molar-refractivity contribution in [3.05, 3.63) is 88.5 Å². The van der Waals surface area contributed by atoms with Crippen LogP contribution in [0.2, 0.25) is 0 Å². The number of aliphatic hydroxyl groups is 1. The number of aliphatic hydroxyl groups excluding tert-OH is 1. The van der Waals surface area contributed by atoms with Gasteiger partial charge in [0.05, 0.1) is 0 Å². The molecule has 1 aromatic carbocycles. The van der Waals surface area contributed by atoms with Crippen LogP contribution in [0, 0.1) is 51.7 Å². The van der Waals surface area contributed by atoms with Gasteiger partial charge in [-0.3, -0.25) is 0 Å². The molecule has 0 aliphatic rings. The zero-order valence-electron chi connectivity index (χ0n) is 14.8. The van der Waals surface area contributed by atoms with Crippen LogP contribution in [0.25, 0.3) is 0 Å². The van der Waals surface area contributed by atoms with Gasteiger partial charge in [0.2, 0.25) is 0 Å². The van der Waals surface area contributed by atoms with E-state index in [2.05, 4.69) is 58.3 Å². The van der Waals surface area contributed by atoms with Crippen molar-refractivity contribution in [2.75, 3.05) is 7.11 Å².